The molecule has 4 rings (SSSR count). The Hall–Kier alpha value is -1.67. The lowest BCUT2D eigenvalue weighted by Crippen LogP contribution is -2.45. The Morgan fingerprint density at radius 3 is 3.00 bits per heavy atom. The Morgan fingerprint density at radius 1 is 1.39 bits per heavy atom. The van der Waals surface area contributed by atoms with E-state index in [0.717, 1.165) is 29.0 Å². The monoisotopic (exact) mass is 365 g/mol. The van der Waals surface area contributed by atoms with E-state index in [2.05, 4.69) is 16.4 Å². The molecular weight excluding hydrogens is 354 g/mol. The minimum atomic E-state index is -3.78. The molecule has 1 unspecified atom stereocenters. The van der Waals surface area contributed by atoms with Crippen LogP contribution in [0, 0.1) is 0 Å². The van der Waals surface area contributed by atoms with E-state index in [1.54, 1.807) is 23.7 Å². The number of halogens is 1. The second-order valence-electron chi connectivity index (χ2n) is 5.38. The van der Waals surface area contributed by atoms with Crippen molar-refractivity contribution in [3.05, 3.63) is 57.6 Å². The molecule has 3 aliphatic rings. The summed E-state index contributed by atoms with van der Waals surface area (Å²) < 4.78 is 23.7. The van der Waals surface area contributed by atoms with E-state index in [1.165, 1.54) is 0 Å². The lowest BCUT2D eigenvalue weighted by atomic mass is 9.82. The second-order valence-corrected chi connectivity index (χ2v) is 8.46. The SMILES string of the molecule is NS(=O)(=O)c1sccc1C1=CC2=CCC=C3N=CC=C(Cl)C23N1. The van der Waals surface area contributed by atoms with Crippen molar-refractivity contribution in [1.29, 1.82) is 0 Å². The summed E-state index contributed by atoms with van der Waals surface area (Å²) in [4.78, 5) is 4.42. The van der Waals surface area contributed by atoms with Crippen LogP contribution < -0.4 is 10.5 Å². The molecule has 0 amide bonds. The molecule has 0 aromatic carbocycles. The Bertz CT molecular complexity index is 967. The van der Waals surface area contributed by atoms with Gasteiger partial charge in [-0.05, 0) is 35.6 Å². The van der Waals surface area contributed by atoms with Crippen LogP contribution in [-0.2, 0) is 10.0 Å². The molecule has 0 radical (unpaired) electrons. The van der Waals surface area contributed by atoms with Gasteiger partial charge < -0.3 is 5.32 Å². The maximum absolute atomic E-state index is 11.8. The summed E-state index contributed by atoms with van der Waals surface area (Å²) in [5.41, 5.74) is 2.30. The van der Waals surface area contributed by atoms with Gasteiger partial charge in [-0.15, -0.1) is 11.3 Å². The molecule has 0 saturated heterocycles. The maximum atomic E-state index is 11.8. The van der Waals surface area contributed by atoms with Gasteiger partial charge in [0.1, 0.15) is 9.75 Å². The first-order valence-corrected chi connectivity index (χ1v) is 9.65. The molecule has 3 heterocycles. The quantitative estimate of drug-likeness (QED) is 0.844. The summed E-state index contributed by atoms with van der Waals surface area (Å²) in [5.74, 6) is 0. The van der Waals surface area contributed by atoms with Gasteiger partial charge in [-0.2, -0.15) is 0 Å². The van der Waals surface area contributed by atoms with Crippen molar-refractivity contribution in [2.75, 3.05) is 0 Å². The summed E-state index contributed by atoms with van der Waals surface area (Å²) >= 11 is 7.59. The van der Waals surface area contributed by atoms with Crippen molar-refractivity contribution < 1.29 is 8.42 Å². The molecular formula is C15H12ClN3O2S2. The summed E-state index contributed by atoms with van der Waals surface area (Å²) in [7, 11) is -3.78. The van der Waals surface area contributed by atoms with Crippen molar-refractivity contribution in [2.45, 2.75) is 16.2 Å². The van der Waals surface area contributed by atoms with Crippen LogP contribution in [0.3, 0.4) is 0 Å². The van der Waals surface area contributed by atoms with Gasteiger partial charge in [0.2, 0.25) is 10.0 Å². The minimum absolute atomic E-state index is 0.136. The minimum Gasteiger partial charge on any atom is -0.365 e. The fourth-order valence-corrected chi connectivity index (χ4v) is 5.22. The number of hydrogen-bond acceptors (Lipinski definition) is 5. The van der Waals surface area contributed by atoms with Gasteiger partial charge in [0.05, 0.1) is 10.7 Å². The lowest BCUT2D eigenvalue weighted by molar-refractivity contribution is 0.599. The number of nitrogens with one attached hydrogen (secondary N) is 1. The third kappa shape index (κ3) is 2.08. The van der Waals surface area contributed by atoms with Gasteiger partial charge in [0.25, 0.3) is 0 Å². The summed E-state index contributed by atoms with van der Waals surface area (Å²) in [6.45, 7) is 0. The maximum Gasteiger partial charge on any atom is 0.248 e. The largest absolute Gasteiger partial charge is 0.365 e. The lowest BCUT2D eigenvalue weighted by Gasteiger charge is -2.36. The molecule has 1 aliphatic carbocycles. The summed E-state index contributed by atoms with van der Waals surface area (Å²) in [5, 5.41) is 11.0. The van der Waals surface area contributed by atoms with Crippen molar-refractivity contribution >= 4 is 44.9 Å². The Morgan fingerprint density at radius 2 is 2.22 bits per heavy atom. The van der Waals surface area contributed by atoms with Crippen molar-refractivity contribution in [3.63, 3.8) is 0 Å². The van der Waals surface area contributed by atoms with E-state index in [4.69, 9.17) is 16.7 Å². The fourth-order valence-electron chi connectivity index (χ4n) is 3.09. The van der Waals surface area contributed by atoms with Crippen LogP contribution in [0.25, 0.3) is 5.70 Å². The molecule has 0 fully saturated rings. The molecule has 8 heteroatoms. The molecule has 1 atom stereocenters. The van der Waals surface area contributed by atoms with Crippen LogP contribution in [-0.4, -0.2) is 20.2 Å². The third-order valence-electron chi connectivity index (χ3n) is 4.06. The number of aliphatic imine (C=N–C) groups is 1. The average Bonchev–Trinajstić information content (AvgIpc) is 3.11. The number of sulfonamides is 1. The van der Waals surface area contributed by atoms with E-state index in [9.17, 15) is 8.42 Å². The first-order chi connectivity index (χ1) is 10.9. The molecule has 2 aliphatic heterocycles. The molecule has 3 N–H and O–H groups in total. The fraction of sp³-hybridized carbons (Fsp3) is 0.133. The molecule has 0 saturated carbocycles. The summed E-state index contributed by atoms with van der Waals surface area (Å²) in [6, 6.07) is 1.74. The van der Waals surface area contributed by atoms with Gasteiger partial charge >= 0.3 is 0 Å². The molecule has 5 nitrogen and oxygen atoms in total. The average molecular weight is 366 g/mol. The molecule has 118 valence electrons. The highest BCUT2D eigenvalue weighted by Gasteiger charge is 2.47. The van der Waals surface area contributed by atoms with Crippen LogP contribution in [0.1, 0.15) is 12.0 Å². The summed E-state index contributed by atoms with van der Waals surface area (Å²) in [6.07, 6.45) is 10.2. The molecule has 1 aromatic heterocycles. The number of allylic oxidation sites excluding steroid dienone is 3. The Kier molecular flexibility index (Phi) is 3.18. The van der Waals surface area contributed by atoms with Crippen molar-refractivity contribution in [1.82, 2.24) is 5.32 Å². The number of rotatable bonds is 2. The van der Waals surface area contributed by atoms with Gasteiger partial charge in [0, 0.05) is 17.5 Å². The zero-order chi connectivity index (χ0) is 16.2. The molecule has 23 heavy (non-hydrogen) atoms. The highest BCUT2D eigenvalue weighted by Crippen LogP contribution is 2.47. The van der Waals surface area contributed by atoms with Gasteiger partial charge in [-0.3, -0.25) is 4.99 Å². The van der Waals surface area contributed by atoms with Gasteiger partial charge in [-0.25, -0.2) is 13.6 Å². The smallest absolute Gasteiger partial charge is 0.248 e. The van der Waals surface area contributed by atoms with Crippen LogP contribution >= 0.6 is 22.9 Å². The van der Waals surface area contributed by atoms with E-state index >= 15 is 0 Å². The zero-order valence-corrected chi connectivity index (χ0v) is 14.2. The highest BCUT2D eigenvalue weighted by molar-refractivity contribution is 7.91. The number of hydrogen-bond donors (Lipinski definition) is 2. The van der Waals surface area contributed by atoms with E-state index in [0.29, 0.717) is 16.3 Å². The van der Waals surface area contributed by atoms with Gasteiger partial charge in [0.15, 0.2) is 0 Å². The Labute approximate surface area is 142 Å². The molecule has 0 bridgehead atoms. The standard InChI is InChI=1S/C15H12ClN3O2S2/c16-12-4-6-18-13-3-1-2-9-8-11(19-15(9,12)13)10-5-7-22-14(10)23(17,20)21/h2-8,19H,1H2,(H2,17,20,21). The Balaban J connectivity index is 1.85. The first-order valence-electron chi connectivity index (χ1n) is 6.85. The zero-order valence-electron chi connectivity index (χ0n) is 11.8. The van der Waals surface area contributed by atoms with Crippen LogP contribution in [0.4, 0.5) is 0 Å². The number of dihydropyridines is 1. The van der Waals surface area contributed by atoms with E-state index in [1.807, 2.05) is 12.2 Å². The first kappa shape index (κ1) is 14.9. The number of primary sulfonamides is 1. The van der Waals surface area contributed by atoms with Crippen molar-refractivity contribution in [2.24, 2.45) is 10.1 Å². The van der Waals surface area contributed by atoms with E-state index < -0.39 is 15.6 Å². The number of nitrogens with zero attached hydrogens (tertiary/aromatic N) is 1. The predicted molar refractivity (Wildman–Crippen MR) is 92.7 cm³/mol. The van der Waals surface area contributed by atoms with Crippen LogP contribution in [0.5, 0.6) is 0 Å². The van der Waals surface area contributed by atoms with Crippen LogP contribution in [0.2, 0.25) is 0 Å². The normalized spacial score (nSPS) is 25.7. The third-order valence-corrected chi connectivity index (χ3v) is 6.90. The van der Waals surface area contributed by atoms with E-state index in [-0.39, 0.29) is 4.21 Å². The number of nitrogens with two attached hydrogens (primary N) is 1. The predicted octanol–water partition coefficient (Wildman–Crippen LogP) is 2.50. The topological polar surface area (TPSA) is 84.6 Å². The molecule has 1 aromatic rings. The van der Waals surface area contributed by atoms with Crippen molar-refractivity contribution in [3.8, 4) is 0 Å². The van der Waals surface area contributed by atoms with Crippen LogP contribution in [0.15, 0.2) is 61.3 Å². The molecule has 1 spiro atoms. The number of thiophene rings is 1. The van der Waals surface area contributed by atoms with Gasteiger partial charge in [-0.1, -0.05) is 23.8 Å². The second kappa shape index (κ2) is 4.91. The highest BCUT2D eigenvalue weighted by atomic mass is 35.5.